The Balaban J connectivity index is 2.22. The number of ether oxygens (including phenoxy) is 1. The van der Waals surface area contributed by atoms with Gasteiger partial charge in [-0.2, -0.15) is 5.26 Å². The normalized spacial score (nSPS) is 10.5. The van der Waals surface area contributed by atoms with Crippen molar-refractivity contribution in [3.05, 3.63) is 53.6 Å². The van der Waals surface area contributed by atoms with Gasteiger partial charge in [-0.05, 0) is 26.0 Å². The number of fused-ring (bicyclic) bond motifs is 1. The molecule has 6 heteroatoms. The van der Waals surface area contributed by atoms with E-state index < -0.39 is 5.97 Å². The van der Waals surface area contributed by atoms with Gasteiger partial charge in [0.25, 0.3) is 0 Å². The molecule has 0 amide bonds. The molecule has 0 spiro atoms. The fourth-order valence-corrected chi connectivity index (χ4v) is 2.41. The van der Waals surface area contributed by atoms with E-state index in [1.807, 2.05) is 25.1 Å². The molecule has 0 N–H and O–H groups in total. The Labute approximate surface area is 133 Å². The number of rotatable bonds is 3. The Hall–Kier alpha value is -3.20. The van der Waals surface area contributed by atoms with Crippen LogP contribution in [0, 0.1) is 18.3 Å². The van der Waals surface area contributed by atoms with E-state index in [2.05, 4.69) is 16.0 Å². The average Bonchev–Trinajstić information content (AvgIpc) is 2.99. The highest BCUT2D eigenvalue weighted by Gasteiger charge is 2.18. The van der Waals surface area contributed by atoms with Crippen LogP contribution in [0.1, 0.15) is 28.7 Å². The van der Waals surface area contributed by atoms with Gasteiger partial charge in [0.15, 0.2) is 11.3 Å². The summed E-state index contributed by atoms with van der Waals surface area (Å²) in [5, 5.41) is 9.27. The maximum atomic E-state index is 12.0. The molecule has 6 nitrogen and oxygen atoms in total. The molecule has 0 aliphatic rings. The van der Waals surface area contributed by atoms with E-state index >= 15 is 0 Å². The van der Waals surface area contributed by atoms with Crippen molar-refractivity contribution in [2.45, 2.75) is 13.8 Å². The molecule has 3 aromatic rings. The van der Waals surface area contributed by atoms with Crippen molar-refractivity contribution in [3.8, 4) is 17.3 Å². The predicted molar refractivity (Wildman–Crippen MR) is 83.8 cm³/mol. The molecule has 114 valence electrons. The minimum atomic E-state index is -0.507. The summed E-state index contributed by atoms with van der Waals surface area (Å²) in [5.74, 6) is -0.507. The molecule has 0 saturated carbocycles. The fourth-order valence-electron chi connectivity index (χ4n) is 2.41. The lowest BCUT2D eigenvalue weighted by atomic mass is 10.0. The maximum absolute atomic E-state index is 12.0. The van der Waals surface area contributed by atoms with Gasteiger partial charge in [0.05, 0.1) is 23.9 Å². The summed E-state index contributed by atoms with van der Waals surface area (Å²) >= 11 is 0. The van der Waals surface area contributed by atoms with Crippen molar-refractivity contribution >= 4 is 11.6 Å². The van der Waals surface area contributed by atoms with Crippen LogP contribution < -0.4 is 0 Å². The zero-order valence-electron chi connectivity index (χ0n) is 12.8. The summed E-state index contributed by atoms with van der Waals surface area (Å²) in [6, 6.07) is 11.2. The van der Waals surface area contributed by atoms with Crippen LogP contribution >= 0.6 is 0 Å². The van der Waals surface area contributed by atoms with Crippen molar-refractivity contribution in [1.29, 1.82) is 5.26 Å². The SMILES string of the molecule is CCOC(=O)c1ncn2c(C)cc(-c3ccccc3C#N)nc12. The molecule has 0 bridgehead atoms. The molecular weight excluding hydrogens is 292 g/mol. The number of hydrogen-bond donors (Lipinski definition) is 0. The molecular formula is C17H14N4O2. The predicted octanol–water partition coefficient (Wildman–Crippen LogP) is 2.75. The van der Waals surface area contributed by atoms with Crippen molar-refractivity contribution < 1.29 is 9.53 Å². The second-order valence-corrected chi connectivity index (χ2v) is 4.95. The van der Waals surface area contributed by atoms with Gasteiger partial charge in [-0.25, -0.2) is 14.8 Å². The largest absolute Gasteiger partial charge is 0.461 e. The Kier molecular flexibility index (Phi) is 3.77. The highest BCUT2D eigenvalue weighted by atomic mass is 16.5. The molecule has 0 radical (unpaired) electrons. The molecule has 0 aliphatic carbocycles. The number of aryl methyl sites for hydroxylation is 1. The number of carbonyl (C=O) groups excluding carboxylic acids is 1. The average molecular weight is 306 g/mol. The summed E-state index contributed by atoms with van der Waals surface area (Å²) in [6.45, 7) is 3.90. The fraction of sp³-hybridized carbons (Fsp3) is 0.176. The van der Waals surface area contributed by atoms with Gasteiger partial charge < -0.3 is 4.74 Å². The number of carbonyl (C=O) groups is 1. The minimum absolute atomic E-state index is 0.172. The maximum Gasteiger partial charge on any atom is 0.360 e. The third-order valence-corrected chi connectivity index (χ3v) is 3.49. The first-order chi connectivity index (χ1) is 11.2. The third kappa shape index (κ3) is 2.53. The van der Waals surface area contributed by atoms with E-state index in [4.69, 9.17) is 4.74 Å². The van der Waals surface area contributed by atoms with Crippen LogP contribution in [0.5, 0.6) is 0 Å². The summed E-state index contributed by atoms with van der Waals surface area (Å²) in [7, 11) is 0. The lowest BCUT2D eigenvalue weighted by molar-refractivity contribution is 0.0522. The monoisotopic (exact) mass is 306 g/mol. The van der Waals surface area contributed by atoms with E-state index in [1.54, 1.807) is 29.8 Å². The van der Waals surface area contributed by atoms with Crippen LogP contribution in [0.15, 0.2) is 36.7 Å². The smallest absolute Gasteiger partial charge is 0.360 e. The van der Waals surface area contributed by atoms with Gasteiger partial charge >= 0.3 is 5.97 Å². The molecule has 3 rings (SSSR count). The summed E-state index contributed by atoms with van der Waals surface area (Å²) in [5.41, 5.74) is 3.33. The Morgan fingerprint density at radius 2 is 2.17 bits per heavy atom. The number of esters is 1. The molecule has 2 aromatic heterocycles. The van der Waals surface area contributed by atoms with E-state index in [-0.39, 0.29) is 12.3 Å². The van der Waals surface area contributed by atoms with Crippen LogP contribution in [0.2, 0.25) is 0 Å². The van der Waals surface area contributed by atoms with Gasteiger partial charge in [0.2, 0.25) is 0 Å². The van der Waals surface area contributed by atoms with Gasteiger partial charge in [-0.3, -0.25) is 4.40 Å². The second-order valence-electron chi connectivity index (χ2n) is 4.95. The van der Waals surface area contributed by atoms with Crippen LogP contribution in [0.4, 0.5) is 0 Å². The van der Waals surface area contributed by atoms with Crippen LogP contribution in [-0.2, 0) is 4.74 Å². The number of nitrogens with zero attached hydrogens (tertiary/aromatic N) is 4. The molecule has 2 heterocycles. The number of nitriles is 1. The van der Waals surface area contributed by atoms with Gasteiger partial charge in [0, 0.05) is 11.3 Å². The lowest BCUT2D eigenvalue weighted by Crippen LogP contribution is -2.07. The second kappa shape index (κ2) is 5.89. The van der Waals surface area contributed by atoms with E-state index in [1.165, 1.54) is 0 Å². The van der Waals surface area contributed by atoms with Crippen molar-refractivity contribution in [2.24, 2.45) is 0 Å². The standard InChI is InChI=1S/C17H14N4O2/c1-3-23-17(22)15-16-20-14(8-11(2)21(16)10-19-15)13-7-5-4-6-12(13)9-18/h4-8,10H,3H2,1-2H3. The van der Waals surface area contributed by atoms with Crippen molar-refractivity contribution in [3.63, 3.8) is 0 Å². The van der Waals surface area contributed by atoms with Gasteiger partial charge in [0.1, 0.15) is 6.33 Å². The molecule has 1 aromatic carbocycles. The zero-order valence-corrected chi connectivity index (χ0v) is 12.8. The minimum Gasteiger partial charge on any atom is -0.461 e. The lowest BCUT2D eigenvalue weighted by Gasteiger charge is -2.07. The Morgan fingerprint density at radius 3 is 2.91 bits per heavy atom. The van der Waals surface area contributed by atoms with Crippen molar-refractivity contribution in [2.75, 3.05) is 6.61 Å². The molecule has 23 heavy (non-hydrogen) atoms. The molecule has 0 unspecified atom stereocenters. The molecule has 0 fully saturated rings. The summed E-state index contributed by atoms with van der Waals surface area (Å²) < 4.78 is 6.74. The first kappa shape index (κ1) is 14.7. The summed E-state index contributed by atoms with van der Waals surface area (Å²) in [6.07, 6.45) is 1.55. The van der Waals surface area contributed by atoms with Crippen molar-refractivity contribution in [1.82, 2.24) is 14.4 Å². The first-order valence-electron chi connectivity index (χ1n) is 7.17. The highest BCUT2D eigenvalue weighted by molar-refractivity contribution is 5.94. The Bertz CT molecular complexity index is 937. The number of aromatic nitrogens is 3. The first-order valence-corrected chi connectivity index (χ1v) is 7.17. The number of benzene rings is 1. The summed E-state index contributed by atoms with van der Waals surface area (Å²) in [4.78, 5) is 20.7. The van der Waals surface area contributed by atoms with Crippen LogP contribution in [0.3, 0.4) is 0 Å². The van der Waals surface area contributed by atoms with Crippen LogP contribution in [0.25, 0.3) is 16.9 Å². The molecule has 0 saturated heterocycles. The zero-order chi connectivity index (χ0) is 16.4. The number of hydrogen-bond acceptors (Lipinski definition) is 5. The molecule has 0 aliphatic heterocycles. The number of imidazole rings is 1. The Morgan fingerprint density at radius 1 is 1.39 bits per heavy atom. The molecule has 0 atom stereocenters. The van der Waals surface area contributed by atoms with Gasteiger partial charge in [-0.15, -0.1) is 0 Å². The van der Waals surface area contributed by atoms with Crippen LogP contribution in [-0.4, -0.2) is 26.9 Å². The van der Waals surface area contributed by atoms with E-state index in [0.29, 0.717) is 16.9 Å². The highest BCUT2D eigenvalue weighted by Crippen LogP contribution is 2.24. The quantitative estimate of drug-likeness (QED) is 0.695. The van der Waals surface area contributed by atoms with Gasteiger partial charge in [-0.1, -0.05) is 18.2 Å². The topological polar surface area (TPSA) is 80.3 Å². The third-order valence-electron chi connectivity index (χ3n) is 3.49. The van der Waals surface area contributed by atoms with E-state index in [0.717, 1.165) is 11.3 Å². The van der Waals surface area contributed by atoms with E-state index in [9.17, 15) is 10.1 Å².